The zero-order valence-corrected chi connectivity index (χ0v) is 23.0. The van der Waals surface area contributed by atoms with Crippen LogP contribution in [-0.4, -0.2) is 25.3 Å². The molecule has 160 valence electrons. The molecule has 1 atom stereocenters. The van der Waals surface area contributed by atoms with Gasteiger partial charge in [-0.2, -0.15) is 0 Å². The average Bonchev–Trinajstić information content (AvgIpc) is 2.77. The molecule has 2 rings (SSSR count). The van der Waals surface area contributed by atoms with E-state index in [0.29, 0.717) is 11.3 Å². The molecule has 1 aromatic carbocycles. The maximum absolute atomic E-state index is 7.91. The molecule has 1 N–H and O–H groups in total. The Morgan fingerprint density at radius 2 is 1.75 bits per heavy atom. The van der Waals surface area contributed by atoms with Crippen LogP contribution in [0.2, 0.25) is 29.6 Å². The van der Waals surface area contributed by atoms with Crippen molar-refractivity contribution < 1.29 is 14.8 Å². The molecule has 0 aromatic heterocycles. The van der Waals surface area contributed by atoms with E-state index in [0.717, 1.165) is 6.42 Å². The second-order valence-electron chi connectivity index (χ2n) is 12.2. The summed E-state index contributed by atoms with van der Waals surface area (Å²) < 4.78 is 10.4. The van der Waals surface area contributed by atoms with Crippen molar-refractivity contribution in [2.75, 3.05) is 6.61 Å². The molecule has 0 aliphatic heterocycles. The molecule has 2 nitrogen and oxygen atoms in total. The summed E-state index contributed by atoms with van der Waals surface area (Å²) in [6.07, 6.45) is 2.99. The van der Waals surface area contributed by atoms with Gasteiger partial charge in [0.15, 0.2) is 0 Å². The van der Waals surface area contributed by atoms with Crippen molar-refractivity contribution in [2.24, 2.45) is 0 Å². The van der Waals surface area contributed by atoms with Gasteiger partial charge in [0.1, 0.15) is 0 Å². The third-order valence-corrected chi connectivity index (χ3v) is 21.5. The first-order valence-electron chi connectivity index (χ1n) is 10.3. The van der Waals surface area contributed by atoms with E-state index in [4.69, 9.17) is 27.9 Å². The van der Waals surface area contributed by atoms with Gasteiger partial charge in [-0.1, -0.05) is 0 Å². The first-order chi connectivity index (χ1) is 12.2. The Labute approximate surface area is 176 Å². The molecule has 1 aliphatic carbocycles. The van der Waals surface area contributed by atoms with Crippen LogP contribution >= 0.6 is 18.6 Å². The van der Waals surface area contributed by atoms with E-state index in [2.05, 4.69) is 86.7 Å². The van der Waals surface area contributed by atoms with E-state index in [1.165, 1.54) is 16.7 Å². The summed E-state index contributed by atoms with van der Waals surface area (Å²) in [6, 6.07) is 8.41. The first kappa shape index (κ1) is 24.5. The Morgan fingerprint density at radius 3 is 2.29 bits per heavy atom. The number of hydrogen-bond donors (Lipinski definition) is 1. The molecule has 0 heterocycles. The van der Waals surface area contributed by atoms with Gasteiger partial charge in [-0.15, -0.1) is 0 Å². The van der Waals surface area contributed by atoms with Gasteiger partial charge in [0.2, 0.25) is 0 Å². The number of fused-ring (bicyclic) bond motifs is 1. The van der Waals surface area contributed by atoms with E-state index < -0.39 is 18.7 Å². The Balaban J connectivity index is 2.62. The van der Waals surface area contributed by atoms with E-state index >= 15 is 0 Å². The summed E-state index contributed by atoms with van der Waals surface area (Å²) in [4.78, 5) is 4.83. The fourth-order valence-corrected chi connectivity index (χ4v) is 24.6. The van der Waals surface area contributed by atoms with Crippen molar-refractivity contribution in [3.05, 3.63) is 41.0 Å². The molecule has 1 unspecified atom stereocenters. The van der Waals surface area contributed by atoms with Gasteiger partial charge in [-0.3, -0.25) is 0 Å². The zero-order chi connectivity index (χ0) is 21.8. The first-order valence-corrected chi connectivity index (χ1v) is 23.5. The third-order valence-electron chi connectivity index (χ3n) is 5.79. The second-order valence-corrected chi connectivity index (χ2v) is 43.9. The van der Waals surface area contributed by atoms with Crippen molar-refractivity contribution >= 4 is 37.8 Å². The number of allylic oxidation sites excluding steroid dienone is 1. The summed E-state index contributed by atoms with van der Waals surface area (Å²) in [5.74, 6) is 0. The van der Waals surface area contributed by atoms with Crippen molar-refractivity contribution in [1.82, 2.24) is 3.80 Å². The van der Waals surface area contributed by atoms with Crippen LogP contribution in [0.5, 0.6) is 0 Å². The van der Waals surface area contributed by atoms with E-state index in [-0.39, 0.29) is 9.76 Å². The molecule has 0 radical (unpaired) electrons. The number of nitrogens with one attached hydrogen (secondary N) is 1. The second kappa shape index (κ2) is 6.16. The monoisotopic (exact) mass is 479 g/mol. The third kappa shape index (κ3) is 5.29. The number of halogens is 2. The zero-order valence-electron chi connectivity index (χ0n) is 19.0. The van der Waals surface area contributed by atoms with Crippen molar-refractivity contribution in [3.63, 3.8) is 0 Å². The van der Waals surface area contributed by atoms with E-state index in [9.17, 15) is 0 Å². The van der Waals surface area contributed by atoms with Crippen LogP contribution in [0.25, 0.3) is 6.08 Å². The molecule has 1 aromatic rings. The Bertz CT molecular complexity index is 929. The van der Waals surface area contributed by atoms with Gasteiger partial charge in [0.25, 0.3) is 0 Å². The predicted molar refractivity (Wildman–Crippen MR) is 129 cm³/mol. The minimum absolute atomic E-state index is 0.136. The van der Waals surface area contributed by atoms with Crippen LogP contribution in [0, 0.1) is 0 Å². The van der Waals surface area contributed by atoms with Crippen LogP contribution in [0.4, 0.5) is 0 Å². The fourth-order valence-electron chi connectivity index (χ4n) is 5.65. The van der Waals surface area contributed by atoms with Gasteiger partial charge < -0.3 is 0 Å². The summed E-state index contributed by atoms with van der Waals surface area (Å²) in [5, 5.41) is 2.06. The normalized spacial score (nSPS) is 21.9. The predicted octanol–water partition coefficient (Wildman–Crippen LogP) is 7.66. The van der Waals surface area contributed by atoms with Crippen LogP contribution < -0.4 is 3.80 Å². The minimum atomic E-state index is -5.64. The molecule has 28 heavy (non-hydrogen) atoms. The number of benzene rings is 1. The summed E-state index contributed by atoms with van der Waals surface area (Å²) >= 11 is 0. The molecule has 0 fully saturated rings. The van der Waals surface area contributed by atoms with Crippen LogP contribution in [0.1, 0.15) is 49.5 Å². The summed E-state index contributed by atoms with van der Waals surface area (Å²) in [5.41, 5.74) is 3.27. The molecular formula is C22H39Cl2NOSiTi. The van der Waals surface area contributed by atoms with Gasteiger partial charge >= 0.3 is 178 Å². The summed E-state index contributed by atoms with van der Waals surface area (Å²) in [6.45, 7) is 15.8. The molecule has 0 amide bonds. The molecule has 0 saturated carbocycles. The maximum atomic E-state index is 7.91. The van der Waals surface area contributed by atoms with E-state index in [1.54, 1.807) is 0 Å². The molecule has 0 bridgehead atoms. The SMILES string of the molecule is [CH2]=[Ti]([CH3])([Cl])([Cl])([CH2]CCO[Si](C)(C)C)([NH]C(C)(C)C)[CH]1C(C)=Cc2ccccc21. The van der Waals surface area contributed by atoms with Crippen LogP contribution in [-0.2, 0) is 14.8 Å². The quantitative estimate of drug-likeness (QED) is 0.320. The fraction of sp³-hybridized carbons (Fsp3) is 0.591. The van der Waals surface area contributed by atoms with Gasteiger partial charge in [-0.25, -0.2) is 0 Å². The molecule has 0 spiro atoms. The van der Waals surface area contributed by atoms with Crippen molar-refractivity contribution in [2.45, 2.75) is 73.5 Å². The topological polar surface area (TPSA) is 21.3 Å². The van der Waals surface area contributed by atoms with Crippen LogP contribution in [0.3, 0.4) is 0 Å². The Morgan fingerprint density at radius 1 is 1.18 bits per heavy atom. The number of hydrogen-bond acceptors (Lipinski definition) is 2. The molecule has 6 heteroatoms. The van der Waals surface area contributed by atoms with Gasteiger partial charge in [-0.05, 0) is 0 Å². The Hall–Kier alpha value is 0.261. The average molecular weight is 480 g/mol. The summed E-state index contributed by atoms with van der Waals surface area (Å²) in [7, 11) is 8.58. The Kier molecular flexibility index (Phi) is 5.39. The van der Waals surface area contributed by atoms with E-state index in [1.807, 2.05) is 0 Å². The standard InChI is InChI=1S/C10H9.C6H15OSi.C4H10N.CH3.CH2.2ClH.Ti/c1-8-6-9-4-2-3-5-10(9)7-8;1-5-6-7-8(2,3)4;1-4(2,3)5;;;;;/h2-7H,1H3;1,5-6H2,2-4H3;5H,1-3H3;1H3;1H2;2*1H;/q;;-1;;;;;+3/p-2. The van der Waals surface area contributed by atoms with Gasteiger partial charge in [0.05, 0.1) is 0 Å². The number of rotatable bonds is 7. The molecule has 1 aliphatic rings. The van der Waals surface area contributed by atoms with Gasteiger partial charge in [0, 0.05) is 0 Å². The van der Waals surface area contributed by atoms with Crippen molar-refractivity contribution in [1.29, 1.82) is 0 Å². The van der Waals surface area contributed by atoms with Crippen molar-refractivity contribution in [3.8, 4) is 0 Å². The molecular weight excluding hydrogens is 441 g/mol. The van der Waals surface area contributed by atoms with Crippen LogP contribution in [0.15, 0.2) is 29.8 Å². The molecule has 0 saturated heterocycles.